The minimum atomic E-state index is -0.109. The smallest absolute Gasteiger partial charge is 0.262 e. The first-order valence-electron chi connectivity index (χ1n) is 6.55. The zero-order valence-corrected chi connectivity index (χ0v) is 11.4. The van der Waals surface area contributed by atoms with E-state index in [0.717, 1.165) is 30.2 Å². The minimum absolute atomic E-state index is 0.0932. The molecule has 1 heterocycles. The van der Waals surface area contributed by atoms with Crippen molar-refractivity contribution < 1.29 is 14.3 Å². The maximum Gasteiger partial charge on any atom is 0.262 e. The van der Waals surface area contributed by atoms with Gasteiger partial charge in [-0.1, -0.05) is 6.07 Å². The Morgan fingerprint density at radius 1 is 1.53 bits per heavy atom. The van der Waals surface area contributed by atoms with Crippen molar-refractivity contribution in [3.63, 3.8) is 0 Å². The predicted octanol–water partition coefficient (Wildman–Crippen LogP) is 1.53. The van der Waals surface area contributed by atoms with Gasteiger partial charge in [0, 0.05) is 19.2 Å². The third-order valence-electron chi connectivity index (χ3n) is 2.90. The number of nitrogens with one attached hydrogen (secondary N) is 2. The molecule has 2 rings (SSSR count). The molecular weight excluding hydrogens is 244 g/mol. The fourth-order valence-electron chi connectivity index (χ4n) is 1.89. The molecule has 1 aromatic carbocycles. The van der Waals surface area contributed by atoms with Crippen LogP contribution in [-0.2, 0) is 16.1 Å². The Balaban J connectivity index is 1.91. The van der Waals surface area contributed by atoms with Crippen molar-refractivity contribution in [2.45, 2.75) is 26.4 Å². The number of anilines is 1. The SMILES string of the molecule is CCOCC(C)NCc1ccc2c(c1)NC(=O)CO2. The summed E-state index contributed by atoms with van der Waals surface area (Å²) >= 11 is 0. The van der Waals surface area contributed by atoms with Crippen LogP contribution in [0.5, 0.6) is 5.75 Å². The molecule has 0 aliphatic carbocycles. The Bertz CT molecular complexity index is 448. The number of fused-ring (bicyclic) bond motifs is 1. The molecule has 0 spiro atoms. The van der Waals surface area contributed by atoms with Crippen LogP contribution < -0.4 is 15.4 Å². The molecule has 0 saturated carbocycles. The second kappa shape index (κ2) is 6.54. The molecule has 1 unspecified atom stereocenters. The maximum atomic E-state index is 11.3. The molecule has 0 radical (unpaired) electrons. The lowest BCUT2D eigenvalue weighted by Gasteiger charge is -2.19. The summed E-state index contributed by atoms with van der Waals surface area (Å²) in [4.78, 5) is 11.3. The van der Waals surface area contributed by atoms with Crippen LogP contribution in [0.1, 0.15) is 19.4 Å². The maximum absolute atomic E-state index is 11.3. The second-order valence-electron chi connectivity index (χ2n) is 4.61. The molecule has 5 heteroatoms. The molecule has 19 heavy (non-hydrogen) atoms. The number of carbonyl (C=O) groups excluding carboxylic acids is 1. The van der Waals surface area contributed by atoms with Gasteiger partial charge in [-0.2, -0.15) is 0 Å². The zero-order chi connectivity index (χ0) is 13.7. The lowest BCUT2D eigenvalue weighted by atomic mass is 10.1. The molecule has 0 bridgehead atoms. The highest BCUT2D eigenvalue weighted by atomic mass is 16.5. The van der Waals surface area contributed by atoms with Crippen LogP contribution >= 0.6 is 0 Å². The molecule has 104 valence electrons. The van der Waals surface area contributed by atoms with Gasteiger partial charge in [-0.15, -0.1) is 0 Å². The van der Waals surface area contributed by atoms with Crippen LogP contribution in [0, 0.1) is 0 Å². The van der Waals surface area contributed by atoms with Gasteiger partial charge in [0.05, 0.1) is 12.3 Å². The molecule has 1 atom stereocenters. The highest BCUT2D eigenvalue weighted by molar-refractivity contribution is 5.95. The summed E-state index contributed by atoms with van der Waals surface area (Å²) in [6.45, 7) is 6.32. The Morgan fingerprint density at radius 3 is 3.16 bits per heavy atom. The van der Waals surface area contributed by atoms with E-state index in [1.54, 1.807) is 0 Å². The molecule has 0 saturated heterocycles. The number of ether oxygens (including phenoxy) is 2. The van der Waals surface area contributed by atoms with Gasteiger partial charge in [-0.3, -0.25) is 4.79 Å². The molecule has 2 N–H and O–H groups in total. The quantitative estimate of drug-likeness (QED) is 0.818. The molecule has 5 nitrogen and oxygen atoms in total. The van der Waals surface area contributed by atoms with Gasteiger partial charge in [-0.05, 0) is 31.5 Å². The van der Waals surface area contributed by atoms with Crippen LogP contribution in [0.2, 0.25) is 0 Å². The normalized spacial score (nSPS) is 15.4. The monoisotopic (exact) mass is 264 g/mol. The van der Waals surface area contributed by atoms with Crippen molar-refractivity contribution in [1.29, 1.82) is 0 Å². The molecule has 1 aliphatic rings. The lowest BCUT2D eigenvalue weighted by molar-refractivity contribution is -0.118. The van der Waals surface area contributed by atoms with E-state index in [0.29, 0.717) is 12.6 Å². The number of benzene rings is 1. The Kier molecular flexibility index (Phi) is 4.76. The van der Waals surface area contributed by atoms with Crippen molar-refractivity contribution in [3.05, 3.63) is 23.8 Å². The first-order valence-corrected chi connectivity index (χ1v) is 6.55. The third kappa shape index (κ3) is 3.94. The van der Waals surface area contributed by atoms with Crippen molar-refractivity contribution in [2.24, 2.45) is 0 Å². The van der Waals surface area contributed by atoms with E-state index in [-0.39, 0.29) is 12.5 Å². The summed E-state index contributed by atoms with van der Waals surface area (Å²) in [7, 11) is 0. The van der Waals surface area contributed by atoms with Crippen LogP contribution in [0.25, 0.3) is 0 Å². The number of hydrogen-bond acceptors (Lipinski definition) is 4. The summed E-state index contributed by atoms with van der Waals surface area (Å²) in [5.41, 5.74) is 1.85. The summed E-state index contributed by atoms with van der Waals surface area (Å²) in [5.74, 6) is 0.619. The molecule has 1 aliphatic heterocycles. The Hall–Kier alpha value is -1.59. The van der Waals surface area contributed by atoms with Crippen molar-refractivity contribution in [1.82, 2.24) is 5.32 Å². The molecule has 1 aromatic rings. The van der Waals surface area contributed by atoms with Gasteiger partial charge >= 0.3 is 0 Å². The minimum Gasteiger partial charge on any atom is -0.482 e. The van der Waals surface area contributed by atoms with Gasteiger partial charge in [0.1, 0.15) is 5.75 Å². The van der Waals surface area contributed by atoms with E-state index >= 15 is 0 Å². The van der Waals surface area contributed by atoms with E-state index in [2.05, 4.69) is 17.6 Å². The Labute approximate surface area is 113 Å². The van der Waals surface area contributed by atoms with Crippen LogP contribution in [0.15, 0.2) is 18.2 Å². The first kappa shape index (κ1) is 13.8. The number of carbonyl (C=O) groups is 1. The van der Waals surface area contributed by atoms with E-state index in [1.807, 2.05) is 25.1 Å². The molecule has 1 amide bonds. The van der Waals surface area contributed by atoms with Crippen LogP contribution in [0.4, 0.5) is 5.69 Å². The van der Waals surface area contributed by atoms with Gasteiger partial charge in [0.15, 0.2) is 6.61 Å². The zero-order valence-electron chi connectivity index (χ0n) is 11.4. The van der Waals surface area contributed by atoms with E-state index in [1.165, 1.54) is 0 Å². The highest BCUT2D eigenvalue weighted by Gasteiger charge is 2.15. The number of amides is 1. The van der Waals surface area contributed by atoms with Gasteiger partial charge < -0.3 is 20.1 Å². The topological polar surface area (TPSA) is 59.6 Å². The largest absolute Gasteiger partial charge is 0.482 e. The summed E-state index contributed by atoms with van der Waals surface area (Å²) in [6.07, 6.45) is 0. The summed E-state index contributed by atoms with van der Waals surface area (Å²) < 4.78 is 10.7. The van der Waals surface area contributed by atoms with Crippen LogP contribution in [0.3, 0.4) is 0 Å². The highest BCUT2D eigenvalue weighted by Crippen LogP contribution is 2.28. The second-order valence-corrected chi connectivity index (χ2v) is 4.61. The number of hydrogen-bond donors (Lipinski definition) is 2. The molecule has 0 aromatic heterocycles. The van der Waals surface area contributed by atoms with Gasteiger partial charge in [0.2, 0.25) is 0 Å². The fourth-order valence-corrected chi connectivity index (χ4v) is 1.89. The third-order valence-corrected chi connectivity index (χ3v) is 2.90. The van der Waals surface area contributed by atoms with E-state index < -0.39 is 0 Å². The number of rotatable bonds is 6. The van der Waals surface area contributed by atoms with Gasteiger partial charge in [0.25, 0.3) is 5.91 Å². The average molecular weight is 264 g/mol. The molecule has 0 fully saturated rings. The van der Waals surface area contributed by atoms with Gasteiger partial charge in [-0.25, -0.2) is 0 Å². The summed E-state index contributed by atoms with van der Waals surface area (Å²) in [6, 6.07) is 6.12. The molecular formula is C14H20N2O3. The standard InChI is InChI=1S/C14H20N2O3/c1-3-18-8-10(2)15-7-11-4-5-13-12(6-11)16-14(17)9-19-13/h4-6,10,15H,3,7-9H2,1-2H3,(H,16,17). The predicted molar refractivity (Wildman–Crippen MR) is 73.4 cm³/mol. The van der Waals surface area contributed by atoms with Crippen molar-refractivity contribution in [3.8, 4) is 5.75 Å². The van der Waals surface area contributed by atoms with E-state index in [9.17, 15) is 4.79 Å². The average Bonchev–Trinajstić information content (AvgIpc) is 2.42. The van der Waals surface area contributed by atoms with Crippen molar-refractivity contribution in [2.75, 3.05) is 25.1 Å². The van der Waals surface area contributed by atoms with E-state index in [4.69, 9.17) is 9.47 Å². The van der Waals surface area contributed by atoms with Crippen LogP contribution in [-0.4, -0.2) is 31.8 Å². The lowest BCUT2D eigenvalue weighted by Crippen LogP contribution is -2.30. The Morgan fingerprint density at radius 2 is 2.37 bits per heavy atom. The van der Waals surface area contributed by atoms with Crippen molar-refractivity contribution >= 4 is 11.6 Å². The fraction of sp³-hybridized carbons (Fsp3) is 0.500. The first-order chi connectivity index (χ1) is 9.19. The summed E-state index contributed by atoms with van der Waals surface area (Å²) in [5, 5.41) is 6.18.